The lowest BCUT2D eigenvalue weighted by atomic mass is 10.1. The lowest BCUT2D eigenvalue weighted by Crippen LogP contribution is -2.02. The minimum absolute atomic E-state index is 0.0356. The van der Waals surface area contributed by atoms with Crippen molar-refractivity contribution in [2.45, 2.75) is 11.8 Å². The lowest BCUT2D eigenvalue weighted by Gasteiger charge is -2.06. The zero-order valence-electron chi connectivity index (χ0n) is 15.9. The molecule has 1 heterocycles. The highest BCUT2D eigenvalue weighted by atomic mass is 32.2. The summed E-state index contributed by atoms with van der Waals surface area (Å²) in [5.41, 5.74) is 0.593. The number of aromatic nitrogens is 2. The second kappa shape index (κ2) is 9.76. The zero-order valence-corrected chi connectivity index (χ0v) is 16.7. The molecule has 30 heavy (non-hydrogen) atoms. The van der Waals surface area contributed by atoms with E-state index in [1.165, 1.54) is 11.8 Å². The summed E-state index contributed by atoms with van der Waals surface area (Å²) in [5, 5.41) is 8.22. The van der Waals surface area contributed by atoms with E-state index >= 15 is 0 Å². The molecular formula is C23H18N2O4S. The van der Waals surface area contributed by atoms with Crippen molar-refractivity contribution in [1.82, 2.24) is 10.2 Å². The Morgan fingerprint density at radius 1 is 0.800 bits per heavy atom. The predicted octanol–water partition coefficient (Wildman–Crippen LogP) is 5.42. The highest BCUT2D eigenvalue weighted by Gasteiger charge is 2.12. The van der Waals surface area contributed by atoms with Crippen LogP contribution < -0.4 is 9.47 Å². The fourth-order valence-electron chi connectivity index (χ4n) is 2.56. The van der Waals surface area contributed by atoms with Gasteiger partial charge in [0.25, 0.3) is 11.1 Å². The molecule has 0 unspecified atom stereocenters. The minimum Gasteiger partial charge on any atom is -0.484 e. The number of ether oxygens (including phenoxy) is 2. The molecule has 150 valence electrons. The number of hydrogen-bond donors (Lipinski definition) is 0. The van der Waals surface area contributed by atoms with Gasteiger partial charge in [0.15, 0.2) is 12.4 Å². The van der Waals surface area contributed by atoms with E-state index in [9.17, 15) is 4.79 Å². The topological polar surface area (TPSA) is 74.5 Å². The molecule has 7 heteroatoms. The third kappa shape index (κ3) is 5.48. The normalized spacial score (nSPS) is 10.5. The zero-order chi connectivity index (χ0) is 20.6. The van der Waals surface area contributed by atoms with Crippen LogP contribution >= 0.6 is 11.8 Å². The molecule has 0 N–H and O–H groups in total. The van der Waals surface area contributed by atoms with Gasteiger partial charge in [-0.2, -0.15) is 0 Å². The summed E-state index contributed by atoms with van der Waals surface area (Å²) < 4.78 is 16.8. The van der Waals surface area contributed by atoms with E-state index < -0.39 is 0 Å². The van der Waals surface area contributed by atoms with Gasteiger partial charge in [0.2, 0.25) is 0 Å². The van der Waals surface area contributed by atoms with Crippen LogP contribution in [0.4, 0.5) is 0 Å². The molecule has 0 aliphatic heterocycles. The van der Waals surface area contributed by atoms with Crippen molar-refractivity contribution in [3.63, 3.8) is 0 Å². The Kier molecular flexibility index (Phi) is 6.41. The first-order chi connectivity index (χ1) is 14.8. The van der Waals surface area contributed by atoms with Gasteiger partial charge < -0.3 is 13.9 Å². The van der Waals surface area contributed by atoms with Crippen LogP contribution in [0.15, 0.2) is 94.6 Å². The van der Waals surface area contributed by atoms with Crippen LogP contribution in [0.25, 0.3) is 0 Å². The summed E-state index contributed by atoms with van der Waals surface area (Å²) in [6.07, 6.45) is 0. The van der Waals surface area contributed by atoms with E-state index in [0.717, 1.165) is 11.5 Å². The molecule has 0 amide bonds. The first-order valence-electron chi connectivity index (χ1n) is 9.25. The van der Waals surface area contributed by atoms with E-state index in [1.807, 2.05) is 60.7 Å². The third-order valence-corrected chi connectivity index (χ3v) is 4.85. The molecule has 0 radical (unpaired) electrons. The van der Waals surface area contributed by atoms with Crippen LogP contribution in [0.2, 0.25) is 0 Å². The third-order valence-electron chi connectivity index (χ3n) is 4.04. The van der Waals surface area contributed by atoms with Crippen LogP contribution in [0, 0.1) is 0 Å². The quantitative estimate of drug-likeness (QED) is 0.265. The monoisotopic (exact) mass is 418 g/mol. The maximum Gasteiger partial charge on any atom is 0.277 e. The number of para-hydroxylation sites is 2. The maximum atomic E-state index is 12.4. The van der Waals surface area contributed by atoms with Gasteiger partial charge >= 0.3 is 0 Å². The first kappa shape index (κ1) is 19.7. The molecule has 4 rings (SSSR count). The summed E-state index contributed by atoms with van der Waals surface area (Å²) in [7, 11) is 0. The number of carbonyl (C=O) groups is 1. The van der Waals surface area contributed by atoms with E-state index in [1.54, 1.807) is 24.3 Å². The van der Waals surface area contributed by atoms with Crippen molar-refractivity contribution in [2.24, 2.45) is 0 Å². The minimum atomic E-state index is -0.0356. The van der Waals surface area contributed by atoms with E-state index in [-0.39, 0.29) is 18.1 Å². The van der Waals surface area contributed by atoms with Gasteiger partial charge in [-0.1, -0.05) is 48.2 Å². The lowest BCUT2D eigenvalue weighted by molar-refractivity contribution is 0.102. The standard InChI is InChI=1S/C23H18N2O4S/c26-21(17-11-13-20(14-12-17)28-19-9-5-2-6-10-19)16-30-23-25-24-22(29-23)15-27-18-7-3-1-4-8-18/h1-14H,15-16H2. The molecule has 4 aromatic rings. The molecule has 0 atom stereocenters. The number of Topliss-reactive ketones (excluding diaryl/α,β-unsaturated/α-hetero) is 1. The van der Waals surface area contributed by atoms with Gasteiger partial charge in [-0.25, -0.2) is 0 Å². The second-order valence-corrected chi connectivity index (χ2v) is 7.14. The van der Waals surface area contributed by atoms with E-state index in [0.29, 0.717) is 22.4 Å². The second-order valence-electron chi connectivity index (χ2n) is 6.21. The summed E-state index contributed by atoms with van der Waals surface area (Å²) in [6, 6.07) is 25.9. The molecule has 0 fully saturated rings. The SMILES string of the molecule is O=C(CSc1nnc(COc2ccccc2)o1)c1ccc(Oc2ccccc2)cc1. The van der Waals surface area contributed by atoms with Gasteiger partial charge in [-0.05, 0) is 48.5 Å². The highest BCUT2D eigenvalue weighted by Crippen LogP contribution is 2.23. The van der Waals surface area contributed by atoms with E-state index in [2.05, 4.69) is 10.2 Å². The smallest absolute Gasteiger partial charge is 0.277 e. The summed E-state index contributed by atoms with van der Waals surface area (Å²) in [5.74, 6) is 2.66. The number of rotatable bonds is 9. The molecule has 6 nitrogen and oxygen atoms in total. The number of thioether (sulfide) groups is 1. The number of hydrogen-bond acceptors (Lipinski definition) is 7. The van der Waals surface area contributed by atoms with Crippen molar-refractivity contribution in [1.29, 1.82) is 0 Å². The molecule has 3 aromatic carbocycles. The van der Waals surface area contributed by atoms with E-state index in [4.69, 9.17) is 13.9 Å². The van der Waals surface area contributed by atoms with Crippen LogP contribution in [-0.2, 0) is 6.61 Å². The summed E-state index contributed by atoms with van der Waals surface area (Å²) in [6.45, 7) is 0.175. The largest absolute Gasteiger partial charge is 0.484 e. The predicted molar refractivity (Wildman–Crippen MR) is 113 cm³/mol. The average molecular weight is 418 g/mol. The van der Waals surface area contributed by atoms with Crippen molar-refractivity contribution >= 4 is 17.5 Å². The number of benzene rings is 3. The maximum absolute atomic E-state index is 12.4. The van der Waals surface area contributed by atoms with Gasteiger partial charge in [0, 0.05) is 5.56 Å². The van der Waals surface area contributed by atoms with Gasteiger partial charge in [0.1, 0.15) is 17.2 Å². The van der Waals surface area contributed by atoms with Crippen molar-refractivity contribution in [3.8, 4) is 17.2 Å². The summed E-state index contributed by atoms with van der Waals surface area (Å²) in [4.78, 5) is 12.4. The Hall–Kier alpha value is -3.58. The molecule has 1 aromatic heterocycles. The highest BCUT2D eigenvalue weighted by molar-refractivity contribution is 7.99. The molecule has 0 saturated carbocycles. The number of carbonyl (C=O) groups excluding carboxylic acids is 1. The fourth-order valence-corrected chi connectivity index (χ4v) is 3.24. The Morgan fingerprint density at radius 2 is 1.43 bits per heavy atom. The first-order valence-corrected chi connectivity index (χ1v) is 10.2. The fraction of sp³-hybridized carbons (Fsp3) is 0.0870. The summed E-state index contributed by atoms with van der Waals surface area (Å²) >= 11 is 1.20. The molecular weight excluding hydrogens is 400 g/mol. The van der Waals surface area contributed by atoms with Crippen LogP contribution in [0.5, 0.6) is 17.2 Å². The van der Waals surface area contributed by atoms with Crippen molar-refractivity contribution in [2.75, 3.05) is 5.75 Å². The molecule has 0 aliphatic rings. The molecule has 0 aliphatic carbocycles. The molecule has 0 spiro atoms. The van der Waals surface area contributed by atoms with Crippen molar-refractivity contribution < 1.29 is 18.7 Å². The molecule has 0 bridgehead atoms. The van der Waals surface area contributed by atoms with Gasteiger partial charge in [0.05, 0.1) is 5.75 Å². The average Bonchev–Trinajstić information content (AvgIpc) is 3.26. The van der Waals surface area contributed by atoms with Crippen LogP contribution in [-0.4, -0.2) is 21.7 Å². The van der Waals surface area contributed by atoms with Crippen LogP contribution in [0.1, 0.15) is 16.2 Å². The Bertz CT molecular complexity index is 1080. The van der Waals surface area contributed by atoms with Gasteiger partial charge in [-0.15, -0.1) is 10.2 Å². The molecule has 0 saturated heterocycles. The Labute approximate surface area is 177 Å². The number of nitrogens with zero attached hydrogens (tertiary/aromatic N) is 2. The Balaban J connectivity index is 1.27. The van der Waals surface area contributed by atoms with Gasteiger partial charge in [-0.3, -0.25) is 4.79 Å². The number of ketones is 1. The van der Waals surface area contributed by atoms with Crippen molar-refractivity contribution in [3.05, 3.63) is 96.4 Å². The Morgan fingerprint density at radius 3 is 2.13 bits per heavy atom. The van der Waals surface area contributed by atoms with Crippen LogP contribution in [0.3, 0.4) is 0 Å².